The third-order valence-corrected chi connectivity index (χ3v) is 5.98. The molecule has 4 aromatic rings. The SMILES string of the molecule is O=C(CSc1ccc(Cl)cc1)NC(=S)Nc1ccc2oc(-c3ccccc3Cl)nc2c1. The van der Waals surface area contributed by atoms with Crippen LogP contribution in [0.15, 0.2) is 76.0 Å². The Bertz CT molecular complexity index is 1260. The second-order valence-corrected chi connectivity index (χ2v) is 8.73. The fourth-order valence-corrected chi connectivity index (χ4v) is 4.03. The van der Waals surface area contributed by atoms with Crippen LogP contribution in [0.1, 0.15) is 0 Å². The van der Waals surface area contributed by atoms with E-state index < -0.39 is 0 Å². The van der Waals surface area contributed by atoms with Gasteiger partial charge in [-0.15, -0.1) is 11.8 Å². The van der Waals surface area contributed by atoms with Gasteiger partial charge in [-0.05, 0) is 66.8 Å². The third kappa shape index (κ3) is 5.57. The molecule has 5 nitrogen and oxygen atoms in total. The summed E-state index contributed by atoms with van der Waals surface area (Å²) in [6.07, 6.45) is 0. The van der Waals surface area contributed by atoms with Crippen LogP contribution >= 0.6 is 47.2 Å². The van der Waals surface area contributed by atoms with Crippen molar-refractivity contribution in [2.45, 2.75) is 4.90 Å². The number of benzene rings is 3. The summed E-state index contributed by atoms with van der Waals surface area (Å²) < 4.78 is 5.80. The van der Waals surface area contributed by atoms with Crippen molar-refractivity contribution in [3.63, 3.8) is 0 Å². The number of thioether (sulfide) groups is 1. The maximum atomic E-state index is 12.2. The summed E-state index contributed by atoms with van der Waals surface area (Å²) in [4.78, 5) is 17.6. The minimum absolute atomic E-state index is 0.205. The molecular weight excluding hydrogens is 473 g/mol. The van der Waals surface area contributed by atoms with Gasteiger partial charge in [0.25, 0.3) is 0 Å². The number of thiocarbonyl (C=S) groups is 1. The van der Waals surface area contributed by atoms with Gasteiger partial charge in [-0.2, -0.15) is 0 Å². The smallest absolute Gasteiger partial charge is 0.236 e. The summed E-state index contributed by atoms with van der Waals surface area (Å²) in [6, 6.07) is 20.0. The summed E-state index contributed by atoms with van der Waals surface area (Å²) in [5, 5.41) is 7.09. The van der Waals surface area contributed by atoms with Crippen LogP contribution in [-0.2, 0) is 4.79 Å². The van der Waals surface area contributed by atoms with Crippen LogP contribution in [0, 0.1) is 0 Å². The van der Waals surface area contributed by atoms with Gasteiger partial charge in [0, 0.05) is 15.6 Å². The predicted molar refractivity (Wildman–Crippen MR) is 131 cm³/mol. The molecule has 1 amide bonds. The molecule has 0 fully saturated rings. The summed E-state index contributed by atoms with van der Waals surface area (Å²) in [5.41, 5.74) is 2.67. The van der Waals surface area contributed by atoms with Crippen LogP contribution in [0.25, 0.3) is 22.6 Å². The molecule has 9 heteroatoms. The number of halogens is 2. The van der Waals surface area contributed by atoms with E-state index in [1.807, 2.05) is 30.3 Å². The van der Waals surface area contributed by atoms with Gasteiger partial charge in [0.05, 0.1) is 16.3 Å². The molecule has 0 radical (unpaired) electrons. The minimum atomic E-state index is -0.207. The number of carbonyl (C=O) groups is 1. The molecule has 1 heterocycles. The Morgan fingerprint density at radius 3 is 2.61 bits per heavy atom. The van der Waals surface area contributed by atoms with E-state index in [0.717, 1.165) is 10.5 Å². The molecule has 0 atom stereocenters. The fraction of sp³-hybridized carbons (Fsp3) is 0.0455. The standard InChI is InChI=1S/C22H15Cl2N3O2S2/c23-13-5-8-15(9-6-13)31-12-20(28)27-22(30)25-14-7-10-19-18(11-14)26-21(29-19)16-3-1-2-4-17(16)24/h1-11H,12H2,(H2,25,27,28,30). The first-order chi connectivity index (χ1) is 15.0. The Morgan fingerprint density at radius 1 is 1.06 bits per heavy atom. The lowest BCUT2D eigenvalue weighted by atomic mass is 10.2. The highest BCUT2D eigenvalue weighted by atomic mass is 35.5. The van der Waals surface area contributed by atoms with Crippen molar-refractivity contribution in [2.24, 2.45) is 0 Å². The molecule has 2 N–H and O–H groups in total. The number of rotatable bonds is 5. The number of anilines is 1. The van der Waals surface area contributed by atoms with E-state index in [0.29, 0.717) is 32.7 Å². The average Bonchev–Trinajstić information content (AvgIpc) is 3.16. The van der Waals surface area contributed by atoms with E-state index in [1.165, 1.54) is 11.8 Å². The van der Waals surface area contributed by atoms with Gasteiger partial charge in [-0.25, -0.2) is 4.98 Å². The van der Waals surface area contributed by atoms with Crippen molar-refractivity contribution in [3.05, 3.63) is 76.8 Å². The second kappa shape index (κ2) is 9.70. The number of nitrogens with one attached hydrogen (secondary N) is 2. The first kappa shape index (κ1) is 21.6. The maximum absolute atomic E-state index is 12.2. The van der Waals surface area contributed by atoms with E-state index in [4.69, 9.17) is 39.8 Å². The number of oxazole rings is 1. The Balaban J connectivity index is 1.37. The molecule has 0 spiro atoms. The van der Waals surface area contributed by atoms with Gasteiger partial charge in [-0.3, -0.25) is 4.79 Å². The van der Waals surface area contributed by atoms with E-state index in [1.54, 1.807) is 36.4 Å². The van der Waals surface area contributed by atoms with Crippen LogP contribution in [0.3, 0.4) is 0 Å². The lowest BCUT2D eigenvalue weighted by Gasteiger charge is -2.09. The summed E-state index contributed by atoms with van der Waals surface area (Å²) >= 11 is 18.7. The maximum Gasteiger partial charge on any atom is 0.236 e. The van der Waals surface area contributed by atoms with Crippen molar-refractivity contribution in [2.75, 3.05) is 11.1 Å². The van der Waals surface area contributed by atoms with Gasteiger partial charge in [-0.1, -0.05) is 35.3 Å². The molecule has 156 valence electrons. The number of nitrogens with zero attached hydrogens (tertiary/aromatic N) is 1. The molecule has 3 aromatic carbocycles. The highest BCUT2D eigenvalue weighted by molar-refractivity contribution is 8.00. The summed E-state index contributed by atoms with van der Waals surface area (Å²) in [5.74, 6) is 0.460. The topological polar surface area (TPSA) is 67.2 Å². The molecular formula is C22H15Cl2N3O2S2. The zero-order valence-electron chi connectivity index (χ0n) is 15.9. The zero-order valence-corrected chi connectivity index (χ0v) is 19.0. The minimum Gasteiger partial charge on any atom is -0.436 e. The van der Waals surface area contributed by atoms with Crippen LogP contribution in [0.4, 0.5) is 5.69 Å². The molecule has 0 aliphatic carbocycles. The average molecular weight is 488 g/mol. The Morgan fingerprint density at radius 2 is 1.84 bits per heavy atom. The van der Waals surface area contributed by atoms with E-state index >= 15 is 0 Å². The number of aromatic nitrogens is 1. The van der Waals surface area contributed by atoms with Crippen LogP contribution in [-0.4, -0.2) is 21.8 Å². The molecule has 4 rings (SSSR count). The molecule has 0 unspecified atom stereocenters. The van der Waals surface area contributed by atoms with Gasteiger partial charge < -0.3 is 15.1 Å². The lowest BCUT2D eigenvalue weighted by molar-refractivity contribution is -0.117. The summed E-state index contributed by atoms with van der Waals surface area (Å²) in [7, 11) is 0. The van der Waals surface area contributed by atoms with Crippen LogP contribution in [0.5, 0.6) is 0 Å². The molecule has 1 aromatic heterocycles. The third-order valence-electron chi connectivity index (χ3n) is 4.19. The number of fused-ring (bicyclic) bond motifs is 1. The Hall–Kier alpha value is -2.58. The number of hydrogen-bond acceptors (Lipinski definition) is 5. The Labute approximate surface area is 198 Å². The zero-order chi connectivity index (χ0) is 21.8. The fourth-order valence-electron chi connectivity index (χ4n) is 2.76. The van der Waals surface area contributed by atoms with Gasteiger partial charge in [0.1, 0.15) is 5.52 Å². The van der Waals surface area contributed by atoms with E-state index in [9.17, 15) is 4.79 Å². The molecule has 0 bridgehead atoms. The quantitative estimate of drug-likeness (QED) is 0.250. The molecule has 0 saturated carbocycles. The number of carbonyl (C=O) groups excluding carboxylic acids is 1. The largest absolute Gasteiger partial charge is 0.436 e. The van der Waals surface area contributed by atoms with Gasteiger partial charge in [0.2, 0.25) is 11.8 Å². The monoisotopic (exact) mass is 487 g/mol. The van der Waals surface area contributed by atoms with E-state index in [-0.39, 0.29) is 16.8 Å². The predicted octanol–water partition coefficient (Wildman–Crippen LogP) is 6.41. The lowest BCUT2D eigenvalue weighted by Crippen LogP contribution is -2.35. The highest BCUT2D eigenvalue weighted by Gasteiger charge is 2.12. The van der Waals surface area contributed by atoms with Crippen molar-refractivity contribution >= 4 is 75.0 Å². The normalized spacial score (nSPS) is 10.8. The van der Waals surface area contributed by atoms with Crippen molar-refractivity contribution < 1.29 is 9.21 Å². The highest BCUT2D eigenvalue weighted by Crippen LogP contribution is 2.30. The first-order valence-corrected chi connectivity index (χ1v) is 11.3. The van der Waals surface area contributed by atoms with Crippen molar-refractivity contribution in [3.8, 4) is 11.5 Å². The first-order valence-electron chi connectivity index (χ1n) is 9.12. The van der Waals surface area contributed by atoms with Crippen LogP contribution < -0.4 is 10.6 Å². The van der Waals surface area contributed by atoms with Crippen molar-refractivity contribution in [1.29, 1.82) is 0 Å². The molecule has 0 saturated heterocycles. The van der Waals surface area contributed by atoms with Gasteiger partial charge >= 0.3 is 0 Å². The molecule has 31 heavy (non-hydrogen) atoms. The van der Waals surface area contributed by atoms with Gasteiger partial charge in [0.15, 0.2) is 10.7 Å². The number of hydrogen-bond donors (Lipinski definition) is 2. The van der Waals surface area contributed by atoms with Crippen molar-refractivity contribution in [1.82, 2.24) is 10.3 Å². The molecule has 0 aliphatic heterocycles. The number of amides is 1. The Kier molecular flexibility index (Phi) is 6.77. The van der Waals surface area contributed by atoms with Crippen LogP contribution in [0.2, 0.25) is 10.0 Å². The second-order valence-electron chi connectivity index (χ2n) is 6.43. The summed E-state index contributed by atoms with van der Waals surface area (Å²) in [6.45, 7) is 0. The molecule has 0 aliphatic rings. The van der Waals surface area contributed by atoms with E-state index in [2.05, 4.69) is 15.6 Å².